The van der Waals surface area contributed by atoms with Gasteiger partial charge in [-0.1, -0.05) is 134 Å². The number of hydrogen-bond donors (Lipinski definition) is 0. The van der Waals surface area contributed by atoms with Gasteiger partial charge in [-0.3, -0.25) is 0 Å². The molecule has 8 aromatic rings. The van der Waals surface area contributed by atoms with Crippen molar-refractivity contribution in [3.8, 4) is 11.1 Å². The SMILES string of the molecule is Cc1cc2c3c(c1)N(c1cccc4oc5ccccc5c14)c1ccc(-c4ccccc4)cc1B3c1cc3c(cc1N2c1cc2c(cc1C)C(C)(C)CC2(C)C)C(C)(C)CCC3(C)C. The molecule has 0 spiro atoms. The smallest absolute Gasteiger partial charge is 0.252 e. The summed E-state index contributed by atoms with van der Waals surface area (Å²) in [6.45, 7) is 24.3. The maximum atomic E-state index is 6.59. The highest BCUT2D eigenvalue weighted by molar-refractivity contribution is 7.00. The van der Waals surface area contributed by atoms with Crippen molar-refractivity contribution in [3.05, 3.63) is 161 Å². The highest BCUT2D eigenvalue weighted by Crippen LogP contribution is 2.55. The van der Waals surface area contributed by atoms with Gasteiger partial charge in [-0.05, 0) is 164 Å². The number of nitrogens with zero attached hydrogens (tertiary/aromatic N) is 2. The van der Waals surface area contributed by atoms with Crippen LogP contribution < -0.4 is 26.2 Å². The van der Waals surface area contributed by atoms with Crippen molar-refractivity contribution < 1.29 is 4.42 Å². The van der Waals surface area contributed by atoms with Gasteiger partial charge in [0.05, 0.1) is 11.1 Å². The Balaban J connectivity index is 1.23. The van der Waals surface area contributed by atoms with E-state index >= 15 is 0 Å². The van der Waals surface area contributed by atoms with Gasteiger partial charge in [0.25, 0.3) is 6.71 Å². The van der Waals surface area contributed by atoms with Crippen molar-refractivity contribution in [2.24, 2.45) is 0 Å². The van der Waals surface area contributed by atoms with Gasteiger partial charge >= 0.3 is 0 Å². The van der Waals surface area contributed by atoms with E-state index in [2.05, 4.69) is 206 Å². The molecule has 0 bridgehead atoms. The van der Waals surface area contributed by atoms with E-state index in [1.165, 1.54) is 102 Å². The van der Waals surface area contributed by atoms with Gasteiger partial charge in [0.1, 0.15) is 11.2 Å². The lowest BCUT2D eigenvalue weighted by Gasteiger charge is -2.48. The van der Waals surface area contributed by atoms with Gasteiger partial charge in [0, 0.05) is 33.8 Å². The molecule has 3 heterocycles. The molecule has 0 atom stereocenters. The Bertz CT molecular complexity index is 3260. The molecule has 12 rings (SSSR count). The van der Waals surface area contributed by atoms with Crippen LogP contribution in [0.5, 0.6) is 0 Å². The summed E-state index contributed by atoms with van der Waals surface area (Å²) in [5, 5.41) is 2.28. The van der Waals surface area contributed by atoms with Crippen LogP contribution in [0.2, 0.25) is 0 Å². The van der Waals surface area contributed by atoms with Crippen molar-refractivity contribution in [2.75, 3.05) is 9.80 Å². The molecule has 0 saturated carbocycles. The van der Waals surface area contributed by atoms with Crippen LogP contribution in [0.3, 0.4) is 0 Å². The third-order valence-corrected chi connectivity index (χ3v) is 15.8. The van der Waals surface area contributed by atoms with E-state index in [9.17, 15) is 0 Å². The lowest BCUT2D eigenvalue weighted by atomic mass is 9.33. The first kappa shape index (κ1) is 38.7. The normalized spacial score (nSPS) is 18.2. The quantitative estimate of drug-likeness (QED) is 0.166. The van der Waals surface area contributed by atoms with Gasteiger partial charge in [0.15, 0.2) is 0 Å². The van der Waals surface area contributed by atoms with E-state index in [0.717, 1.165) is 34.0 Å². The molecule has 0 radical (unpaired) electrons. The van der Waals surface area contributed by atoms with Crippen LogP contribution in [0.25, 0.3) is 33.1 Å². The van der Waals surface area contributed by atoms with Crippen molar-refractivity contribution in [3.63, 3.8) is 0 Å². The molecular formula is C59H57BN2O. The molecule has 0 unspecified atom stereocenters. The van der Waals surface area contributed by atoms with Gasteiger partial charge in [-0.15, -0.1) is 0 Å². The zero-order chi connectivity index (χ0) is 43.5. The van der Waals surface area contributed by atoms with E-state index in [1.54, 1.807) is 0 Å². The van der Waals surface area contributed by atoms with Crippen molar-refractivity contribution >= 4 is 79.2 Å². The number of hydrogen-bond acceptors (Lipinski definition) is 3. The average Bonchev–Trinajstić information content (AvgIpc) is 3.72. The molecule has 4 heteroatoms. The first-order valence-electron chi connectivity index (χ1n) is 23.2. The Kier molecular flexibility index (Phi) is 7.86. The Morgan fingerprint density at radius 2 is 1.05 bits per heavy atom. The maximum Gasteiger partial charge on any atom is 0.252 e. The van der Waals surface area contributed by atoms with E-state index in [0.29, 0.717) is 0 Å². The molecular weight excluding hydrogens is 763 g/mol. The Labute approximate surface area is 373 Å². The molecule has 0 N–H and O–H groups in total. The second kappa shape index (κ2) is 12.8. The monoisotopic (exact) mass is 820 g/mol. The largest absolute Gasteiger partial charge is 0.456 e. The van der Waals surface area contributed by atoms with E-state index < -0.39 is 0 Å². The third kappa shape index (κ3) is 5.46. The van der Waals surface area contributed by atoms with Gasteiger partial charge in [-0.2, -0.15) is 0 Å². The fourth-order valence-electron chi connectivity index (χ4n) is 12.8. The molecule has 2 aliphatic heterocycles. The molecule has 4 aliphatic rings. The lowest BCUT2D eigenvalue weighted by Crippen LogP contribution is -2.62. The molecule has 1 aromatic heterocycles. The maximum absolute atomic E-state index is 6.59. The summed E-state index contributed by atoms with van der Waals surface area (Å²) < 4.78 is 6.59. The van der Waals surface area contributed by atoms with Crippen LogP contribution in [0.4, 0.5) is 34.1 Å². The van der Waals surface area contributed by atoms with E-state index in [-0.39, 0.29) is 28.4 Å². The number of fused-ring (bicyclic) bond motifs is 9. The fourth-order valence-corrected chi connectivity index (χ4v) is 12.8. The van der Waals surface area contributed by atoms with Gasteiger partial charge in [-0.25, -0.2) is 0 Å². The standard InChI is InChI=1S/C59H57BN2O/c1-35-27-50-55-51(28-35)62(48-32-43-40(29-36(48)2)58(7,8)34-59(43,9)10)49-33-42-41(56(3,4)25-26-57(42,5)6)31-45(49)60(55)44-30-38(37-17-12-11-13-18-37)23-24-46(44)61(50)47-20-16-22-53-54(47)39-19-14-15-21-52(39)63-53/h11-24,27-33H,25-26,34H2,1-10H3. The molecule has 0 fully saturated rings. The van der Waals surface area contributed by atoms with Crippen molar-refractivity contribution in [2.45, 2.75) is 110 Å². The molecule has 2 aliphatic carbocycles. The summed E-state index contributed by atoms with van der Waals surface area (Å²) >= 11 is 0. The zero-order valence-electron chi connectivity index (χ0n) is 38.6. The summed E-state index contributed by atoms with van der Waals surface area (Å²) in [5.41, 5.74) is 24.7. The Morgan fingerprint density at radius 1 is 0.460 bits per heavy atom. The number of furan rings is 1. The number of benzene rings is 7. The van der Waals surface area contributed by atoms with Crippen LogP contribution in [0.1, 0.15) is 108 Å². The number of aryl methyl sites for hydroxylation is 2. The van der Waals surface area contributed by atoms with Crippen LogP contribution in [-0.2, 0) is 21.7 Å². The van der Waals surface area contributed by atoms with Crippen molar-refractivity contribution in [1.82, 2.24) is 0 Å². The summed E-state index contributed by atoms with van der Waals surface area (Å²) in [5.74, 6) is 0. The first-order valence-corrected chi connectivity index (χ1v) is 23.2. The van der Waals surface area contributed by atoms with Gasteiger partial charge < -0.3 is 14.2 Å². The first-order chi connectivity index (χ1) is 30.0. The van der Waals surface area contributed by atoms with Crippen molar-refractivity contribution in [1.29, 1.82) is 0 Å². The highest BCUT2D eigenvalue weighted by atomic mass is 16.3. The molecule has 312 valence electrons. The summed E-state index contributed by atoms with van der Waals surface area (Å²) in [6, 6.07) is 48.7. The Hall–Kier alpha value is -6.00. The van der Waals surface area contributed by atoms with Gasteiger partial charge in [0.2, 0.25) is 0 Å². The minimum atomic E-state index is 0.00769. The van der Waals surface area contributed by atoms with Crippen LogP contribution >= 0.6 is 0 Å². The van der Waals surface area contributed by atoms with E-state index in [1.807, 2.05) is 0 Å². The molecule has 7 aromatic carbocycles. The van der Waals surface area contributed by atoms with E-state index in [4.69, 9.17) is 4.42 Å². The molecule has 3 nitrogen and oxygen atoms in total. The summed E-state index contributed by atoms with van der Waals surface area (Å²) in [6.07, 6.45) is 3.47. The number of anilines is 6. The third-order valence-electron chi connectivity index (χ3n) is 15.8. The molecule has 0 saturated heterocycles. The average molecular weight is 821 g/mol. The topological polar surface area (TPSA) is 19.6 Å². The molecule has 63 heavy (non-hydrogen) atoms. The fraction of sp³-hybridized carbons (Fsp3) is 0.288. The highest BCUT2D eigenvalue weighted by Gasteiger charge is 2.48. The minimum Gasteiger partial charge on any atom is -0.456 e. The second-order valence-corrected chi connectivity index (χ2v) is 22.1. The molecule has 0 amide bonds. The predicted molar refractivity (Wildman–Crippen MR) is 269 cm³/mol. The van der Waals surface area contributed by atoms with Crippen LogP contribution in [-0.4, -0.2) is 6.71 Å². The second-order valence-electron chi connectivity index (χ2n) is 22.1. The lowest BCUT2D eigenvalue weighted by molar-refractivity contribution is 0.332. The minimum absolute atomic E-state index is 0.00769. The number of para-hydroxylation sites is 1. The van der Waals surface area contributed by atoms with Crippen LogP contribution in [0, 0.1) is 13.8 Å². The summed E-state index contributed by atoms with van der Waals surface area (Å²) in [7, 11) is 0. The van der Waals surface area contributed by atoms with Crippen LogP contribution in [0.15, 0.2) is 132 Å². The summed E-state index contributed by atoms with van der Waals surface area (Å²) in [4.78, 5) is 5.28. The zero-order valence-corrected chi connectivity index (χ0v) is 38.6. The Morgan fingerprint density at radius 3 is 1.78 bits per heavy atom. The predicted octanol–water partition coefficient (Wildman–Crippen LogP) is 14.3. The number of rotatable bonds is 3.